The molecule has 4 nitrogen and oxygen atoms in total. The minimum absolute atomic E-state index is 0.0992. The van der Waals surface area contributed by atoms with Gasteiger partial charge in [0.05, 0.1) is 0 Å². The minimum Gasteiger partial charge on any atom is -0.507 e. The Morgan fingerprint density at radius 3 is 2.73 bits per heavy atom. The molecular weight excluding hydrogens is 218 g/mol. The van der Waals surface area contributed by atoms with E-state index in [0.29, 0.717) is 18.1 Å². The van der Waals surface area contributed by atoms with Crippen LogP contribution in [0.25, 0.3) is 0 Å². The second kappa shape index (κ2) is 5.46. The van der Waals surface area contributed by atoms with Gasteiger partial charge >= 0.3 is 5.97 Å². The molecule has 0 aromatic heterocycles. The summed E-state index contributed by atoms with van der Waals surface area (Å²) in [6.45, 7) is 0.690. The molecule has 15 heavy (non-hydrogen) atoms. The van der Waals surface area contributed by atoms with Crippen LogP contribution in [0.5, 0.6) is 5.75 Å². The van der Waals surface area contributed by atoms with Crippen LogP contribution in [0, 0.1) is 0 Å². The number of aromatic carboxylic acids is 1. The molecule has 0 unspecified atom stereocenters. The van der Waals surface area contributed by atoms with Crippen molar-refractivity contribution in [3.63, 3.8) is 0 Å². The van der Waals surface area contributed by atoms with E-state index in [2.05, 4.69) is 5.32 Å². The average molecular weight is 230 g/mol. The molecule has 0 saturated heterocycles. The standard InChI is InChI=1S/C10H12ClNO3/c11-4-1-5-12-7-2-3-8(10(14)15)9(13)6-7/h2-3,6,12-13H,1,4-5H2,(H,14,15). The van der Waals surface area contributed by atoms with Gasteiger partial charge in [0, 0.05) is 24.2 Å². The molecule has 0 aliphatic carbocycles. The fourth-order valence-corrected chi connectivity index (χ4v) is 1.26. The van der Waals surface area contributed by atoms with Crippen molar-refractivity contribution < 1.29 is 15.0 Å². The number of hydrogen-bond acceptors (Lipinski definition) is 3. The van der Waals surface area contributed by atoms with E-state index in [0.717, 1.165) is 6.42 Å². The van der Waals surface area contributed by atoms with Gasteiger partial charge in [-0.05, 0) is 18.6 Å². The molecule has 0 aliphatic rings. The molecule has 1 rings (SSSR count). The second-order valence-electron chi connectivity index (χ2n) is 3.01. The molecule has 5 heteroatoms. The van der Waals surface area contributed by atoms with E-state index in [1.807, 2.05) is 0 Å². The van der Waals surface area contributed by atoms with Crippen molar-refractivity contribution in [1.82, 2.24) is 0 Å². The number of nitrogens with one attached hydrogen (secondary N) is 1. The number of rotatable bonds is 5. The topological polar surface area (TPSA) is 69.6 Å². The fourth-order valence-electron chi connectivity index (χ4n) is 1.12. The average Bonchev–Trinajstić information content (AvgIpc) is 2.17. The predicted octanol–water partition coefficient (Wildman–Crippen LogP) is 2.13. The Morgan fingerprint density at radius 1 is 1.47 bits per heavy atom. The largest absolute Gasteiger partial charge is 0.507 e. The number of anilines is 1. The quantitative estimate of drug-likeness (QED) is 0.534. The Hall–Kier alpha value is -1.42. The van der Waals surface area contributed by atoms with E-state index in [-0.39, 0.29) is 11.3 Å². The summed E-state index contributed by atoms with van der Waals surface area (Å²) in [5, 5.41) is 21.1. The van der Waals surface area contributed by atoms with E-state index in [9.17, 15) is 9.90 Å². The van der Waals surface area contributed by atoms with Gasteiger partial charge in [-0.25, -0.2) is 4.79 Å². The first kappa shape index (κ1) is 11.7. The predicted molar refractivity (Wildman–Crippen MR) is 58.9 cm³/mol. The minimum atomic E-state index is -1.14. The lowest BCUT2D eigenvalue weighted by molar-refractivity contribution is 0.0694. The van der Waals surface area contributed by atoms with Gasteiger partial charge in [-0.2, -0.15) is 0 Å². The lowest BCUT2D eigenvalue weighted by Gasteiger charge is -2.06. The first-order valence-corrected chi connectivity index (χ1v) is 5.04. The van der Waals surface area contributed by atoms with Gasteiger partial charge in [0.1, 0.15) is 11.3 Å². The van der Waals surface area contributed by atoms with Crippen LogP contribution in [0.15, 0.2) is 18.2 Å². The van der Waals surface area contributed by atoms with E-state index in [1.165, 1.54) is 12.1 Å². The number of carbonyl (C=O) groups is 1. The molecule has 0 radical (unpaired) electrons. The maximum atomic E-state index is 10.6. The zero-order valence-electron chi connectivity index (χ0n) is 8.03. The van der Waals surface area contributed by atoms with Gasteiger partial charge in [-0.1, -0.05) is 0 Å². The Bertz CT molecular complexity index is 355. The maximum Gasteiger partial charge on any atom is 0.339 e. The Labute approximate surface area is 92.5 Å². The molecule has 0 spiro atoms. The summed E-state index contributed by atoms with van der Waals surface area (Å²) in [5.74, 6) is -0.815. The third-order valence-corrected chi connectivity index (χ3v) is 2.13. The van der Waals surface area contributed by atoms with Crippen LogP contribution in [0.3, 0.4) is 0 Å². The van der Waals surface area contributed by atoms with Crippen LogP contribution in [-0.2, 0) is 0 Å². The van der Waals surface area contributed by atoms with E-state index in [1.54, 1.807) is 6.07 Å². The van der Waals surface area contributed by atoms with Gasteiger partial charge in [0.25, 0.3) is 0 Å². The summed E-state index contributed by atoms with van der Waals surface area (Å²) in [5.41, 5.74) is 0.584. The van der Waals surface area contributed by atoms with Crippen LogP contribution < -0.4 is 5.32 Å². The summed E-state index contributed by atoms with van der Waals surface area (Å²) in [7, 11) is 0. The normalized spacial score (nSPS) is 9.93. The summed E-state index contributed by atoms with van der Waals surface area (Å²) in [4.78, 5) is 10.6. The first-order valence-electron chi connectivity index (χ1n) is 4.51. The van der Waals surface area contributed by atoms with Crippen LogP contribution in [-0.4, -0.2) is 28.6 Å². The number of carboxylic acid groups (broad SMARTS) is 1. The summed E-state index contributed by atoms with van der Waals surface area (Å²) in [6, 6.07) is 4.36. The van der Waals surface area contributed by atoms with Gasteiger partial charge in [-0.3, -0.25) is 0 Å². The van der Waals surface area contributed by atoms with Crippen LogP contribution in [0.2, 0.25) is 0 Å². The molecule has 1 aromatic rings. The summed E-state index contributed by atoms with van der Waals surface area (Å²) in [6.07, 6.45) is 0.809. The second-order valence-corrected chi connectivity index (χ2v) is 3.38. The van der Waals surface area contributed by atoms with Gasteiger partial charge in [0.2, 0.25) is 0 Å². The fraction of sp³-hybridized carbons (Fsp3) is 0.300. The molecular formula is C10H12ClNO3. The van der Waals surface area contributed by atoms with Gasteiger partial charge in [0.15, 0.2) is 0 Å². The van der Waals surface area contributed by atoms with E-state index >= 15 is 0 Å². The lowest BCUT2D eigenvalue weighted by Crippen LogP contribution is -2.03. The van der Waals surface area contributed by atoms with Crippen molar-refractivity contribution in [3.8, 4) is 5.75 Å². The number of phenols is 1. The number of hydrogen-bond donors (Lipinski definition) is 3. The molecule has 0 saturated carbocycles. The van der Waals surface area contributed by atoms with E-state index in [4.69, 9.17) is 16.7 Å². The van der Waals surface area contributed by atoms with Crippen LogP contribution in [0.1, 0.15) is 16.8 Å². The van der Waals surface area contributed by atoms with Gasteiger partial charge in [-0.15, -0.1) is 11.6 Å². The number of halogens is 1. The van der Waals surface area contributed by atoms with Crippen molar-refractivity contribution >= 4 is 23.3 Å². The third kappa shape index (κ3) is 3.32. The highest BCUT2D eigenvalue weighted by atomic mass is 35.5. The molecule has 0 atom stereocenters. The molecule has 0 amide bonds. The lowest BCUT2D eigenvalue weighted by atomic mass is 10.2. The third-order valence-electron chi connectivity index (χ3n) is 1.87. The SMILES string of the molecule is O=C(O)c1ccc(NCCCCl)cc1O. The molecule has 3 N–H and O–H groups in total. The highest BCUT2D eigenvalue weighted by molar-refractivity contribution is 6.17. The van der Waals surface area contributed by atoms with Crippen molar-refractivity contribution in [3.05, 3.63) is 23.8 Å². The highest BCUT2D eigenvalue weighted by Gasteiger charge is 2.08. The number of benzene rings is 1. The summed E-state index contributed by atoms with van der Waals surface area (Å²) < 4.78 is 0. The Morgan fingerprint density at radius 2 is 2.20 bits per heavy atom. The van der Waals surface area contributed by atoms with Crippen LogP contribution >= 0.6 is 11.6 Å². The zero-order valence-corrected chi connectivity index (χ0v) is 8.79. The molecule has 0 aliphatic heterocycles. The molecule has 0 heterocycles. The maximum absolute atomic E-state index is 10.6. The smallest absolute Gasteiger partial charge is 0.339 e. The van der Waals surface area contributed by atoms with Crippen molar-refractivity contribution in [1.29, 1.82) is 0 Å². The molecule has 1 aromatic carbocycles. The van der Waals surface area contributed by atoms with Crippen molar-refractivity contribution in [2.24, 2.45) is 0 Å². The van der Waals surface area contributed by atoms with Crippen molar-refractivity contribution in [2.75, 3.05) is 17.7 Å². The Balaban J connectivity index is 2.69. The van der Waals surface area contributed by atoms with Crippen LogP contribution in [0.4, 0.5) is 5.69 Å². The van der Waals surface area contributed by atoms with Crippen molar-refractivity contribution in [2.45, 2.75) is 6.42 Å². The highest BCUT2D eigenvalue weighted by Crippen LogP contribution is 2.21. The molecule has 0 bridgehead atoms. The number of alkyl halides is 1. The number of aromatic hydroxyl groups is 1. The van der Waals surface area contributed by atoms with E-state index < -0.39 is 5.97 Å². The number of carboxylic acids is 1. The first-order chi connectivity index (χ1) is 7.15. The summed E-state index contributed by atoms with van der Waals surface area (Å²) >= 11 is 5.50. The molecule has 82 valence electrons. The van der Waals surface area contributed by atoms with Gasteiger partial charge < -0.3 is 15.5 Å². The monoisotopic (exact) mass is 229 g/mol. The molecule has 0 fully saturated rings. The Kier molecular flexibility index (Phi) is 4.24. The zero-order chi connectivity index (χ0) is 11.3.